The highest BCUT2D eigenvalue weighted by Crippen LogP contribution is 2.20. The largest absolute Gasteiger partial charge is 0.463 e. The van der Waals surface area contributed by atoms with Crippen LogP contribution in [0, 0.1) is 0 Å². The maximum atomic E-state index is 11.6. The summed E-state index contributed by atoms with van der Waals surface area (Å²) < 4.78 is 9.99. The Balaban J connectivity index is 2.14. The molecule has 4 heteroatoms. The van der Waals surface area contributed by atoms with Gasteiger partial charge in [-0.05, 0) is 12.1 Å². The van der Waals surface area contributed by atoms with Crippen LogP contribution in [0.15, 0.2) is 47.1 Å². The number of carbonyl (C=O) groups excluding carboxylic acids is 1. The average molecular weight is 218 g/mol. The molecule has 1 heterocycles. The monoisotopic (exact) mass is 218 g/mol. The third kappa shape index (κ3) is 2.12. The van der Waals surface area contributed by atoms with Crippen LogP contribution in [0.2, 0.25) is 0 Å². The highest BCUT2D eigenvalue weighted by molar-refractivity contribution is 5.91. The number of aliphatic hydroxyl groups is 1. The molecule has 0 saturated carbocycles. The molecule has 0 fully saturated rings. The van der Waals surface area contributed by atoms with Crippen molar-refractivity contribution in [1.29, 1.82) is 0 Å². The number of hydrogen-bond acceptors (Lipinski definition) is 4. The summed E-state index contributed by atoms with van der Waals surface area (Å²) in [5.41, 5.74) is 0.451. The predicted octanol–water partition coefficient (Wildman–Crippen LogP) is 1.99. The van der Waals surface area contributed by atoms with Crippen LogP contribution in [0.5, 0.6) is 5.75 Å². The van der Waals surface area contributed by atoms with E-state index in [0.29, 0.717) is 5.56 Å². The molecular weight excluding hydrogens is 208 g/mol. The molecule has 0 radical (unpaired) electrons. The molecular formula is C12H10O4. The molecule has 82 valence electrons. The topological polar surface area (TPSA) is 59.7 Å². The van der Waals surface area contributed by atoms with E-state index in [4.69, 9.17) is 14.3 Å². The third-order valence-corrected chi connectivity index (χ3v) is 2.06. The van der Waals surface area contributed by atoms with E-state index in [1.165, 1.54) is 12.3 Å². The molecule has 4 nitrogen and oxygen atoms in total. The van der Waals surface area contributed by atoms with E-state index in [2.05, 4.69) is 0 Å². The van der Waals surface area contributed by atoms with Gasteiger partial charge in [-0.25, -0.2) is 4.79 Å². The first-order valence-electron chi connectivity index (χ1n) is 4.75. The zero-order valence-electron chi connectivity index (χ0n) is 8.42. The van der Waals surface area contributed by atoms with E-state index in [1.807, 2.05) is 6.07 Å². The second-order valence-corrected chi connectivity index (χ2v) is 3.12. The summed E-state index contributed by atoms with van der Waals surface area (Å²) in [6.45, 7) is -0.301. The Kier molecular flexibility index (Phi) is 3.03. The normalized spacial score (nSPS) is 10.1. The standard InChI is InChI=1S/C12H10O4/c13-8-11-10(6-7-15-11)16-12(14)9-4-2-1-3-5-9/h1-7,13H,8H2. The molecule has 2 rings (SSSR count). The van der Waals surface area contributed by atoms with E-state index < -0.39 is 5.97 Å². The van der Waals surface area contributed by atoms with Crippen LogP contribution in [0.4, 0.5) is 0 Å². The van der Waals surface area contributed by atoms with Crippen molar-refractivity contribution in [1.82, 2.24) is 0 Å². The van der Waals surface area contributed by atoms with E-state index in [1.54, 1.807) is 24.3 Å². The molecule has 0 spiro atoms. The van der Waals surface area contributed by atoms with E-state index in [-0.39, 0.29) is 18.1 Å². The number of benzene rings is 1. The lowest BCUT2D eigenvalue weighted by Gasteiger charge is -2.02. The Morgan fingerprint density at radius 3 is 2.69 bits per heavy atom. The fourth-order valence-corrected chi connectivity index (χ4v) is 1.27. The van der Waals surface area contributed by atoms with Crippen molar-refractivity contribution >= 4 is 5.97 Å². The lowest BCUT2D eigenvalue weighted by Crippen LogP contribution is -2.08. The maximum Gasteiger partial charge on any atom is 0.343 e. The molecule has 16 heavy (non-hydrogen) atoms. The molecule has 1 aromatic carbocycles. The Hall–Kier alpha value is -2.07. The Morgan fingerprint density at radius 2 is 2.00 bits per heavy atom. The van der Waals surface area contributed by atoms with Crippen molar-refractivity contribution in [3.63, 3.8) is 0 Å². The number of hydrogen-bond donors (Lipinski definition) is 1. The van der Waals surface area contributed by atoms with Crippen LogP contribution in [0.1, 0.15) is 16.1 Å². The second kappa shape index (κ2) is 4.63. The number of esters is 1. The fraction of sp³-hybridized carbons (Fsp3) is 0.0833. The summed E-state index contributed by atoms with van der Waals surface area (Å²) in [6, 6.07) is 10.1. The number of furan rings is 1. The first-order chi connectivity index (χ1) is 7.81. The van der Waals surface area contributed by atoms with Crippen molar-refractivity contribution < 1.29 is 19.1 Å². The highest BCUT2D eigenvalue weighted by Gasteiger charge is 2.12. The van der Waals surface area contributed by atoms with Gasteiger partial charge in [-0.15, -0.1) is 0 Å². The highest BCUT2D eigenvalue weighted by atomic mass is 16.5. The Labute approximate surface area is 92.1 Å². The van der Waals surface area contributed by atoms with Crippen molar-refractivity contribution in [2.24, 2.45) is 0 Å². The van der Waals surface area contributed by atoms with Gasteiger partial charge in [0.1, 0.15) is 6.61 Å². The lowest BCUT2D eigenvalue weighted by atomic mass is 10.2. The Morgan fingerprint density at radius 1 is 1.25 bits per heavy atom. The van der Waals surface area contributed by atoms with Crippen molar-refractivity contribution in [2.75, 3.05) is 0 Å². The molecule has 0 aliphatic carbocycles. The van der Waals surface area contributed by atoms with Crippen molar-refractivity contribution in [3.05, 3.63) is 54.0 Å². The van der Waals surface area contributed by atoms with Crippen LogP contribution in [0.3, 0.4) is 0 Å². The summed E-state index contributed by atoms with van der Waals surface area (Å²) in [4.78, 5) is 11.6. The predicted molar refractivity (Wildman–Crippen MR) is 56.0 cm³/mol. The van der Waals surface area contributed by atoms with Gasteiger partial charge in [-0.1, -0.05) is 18.2 Å². The van der Waals surface area contributed by atoms with E-state index >= 15 is 0 Å². The van der Waals surface area contributed by atoms with Gasteiger partial charge in [0, 0.05) is 6.07 Å². The molecule has 1 aromatic heterocycles. The van der Waals surface area contributed by atoms with Gasteiger partial charge in [0.15, 0.2) is 11.5 Å². The van der Waals surface area contributed by atoms with Crippen molar-refractivity contribution in [3.8, 4) is 5.75 Å². The van der Waals surface area contributed by atoms with Crippen LogP contribution >= 0.6 is 0 Å². The number of aliphatic hydroxyl groups excluding tert-OH is 1. The Bertz CT molecular complexity index is 473. The minimum Gasteiger partial charge on any atom is -0.463 e. The van der Waals surface area contributed by atoms with Crippen LogP contribution in [0.25, 0.3) is 0 Å². The summed E-state index contributed by atoms with van der Waals surface area (Å²) in [5, 5.41) is 8.91. The molecule has 0 amide bonds. The average Bonchev–Trinajstić information content (AvgIpc) is 2.77. The molecule has 0 saturated heterocycles. The molecule has 0 unspecified atom stereocenters. The van der Waals surface area contributed by atoms with Crippen molar-refractivity contribution in [2.45, 2.75) is 6.61 Å². The quantitative estimate of drug-likeness (QED) is 0.800. The first kappa shape index (κ1) is 10.4. The SMILES string of the molecule is O=C(Oc1ccoc1CO)c1ccccc1. The van der Waals surface area contributed by atoms with Gasteiger partial charge in [-0.3, -0.25) is 0 Å². The molecule has 0 atom stereocenters. The fourth-order valence-electron chi connectivity index (χ4n) is 1.27. The minimum absolute atomic E-state index is 0.240. The molecule has 0 aliphatic heterocycles. The van der Waals surface area contributed by atoms with Crippen LogP contribution in [-0.4, -0.2) is 11.1 Å². The second-order valence-electron chi connectivity index (χ2n) is 3.12. The number of rotatable bonds is 3. The smallest absolute Gasteiger partial charge is 0.343 e. The number of carbonyl (C=O) groups is 1. The summed E-state index contributed by atoms with van der Waals surface area (Å²) in [5.74, 6) is 0.0114. The maximum absolute atomic E-state index is 11.6. The molecule has 0 bridgehead atoms. The number of ether oxygens (including phenoxy) is 1. The van der Waals surface area contributed by atoms with Gasteiger partial charge in [0.05, 0.1) is 11.8 Å². The van der Waals surface area contributed by atoms with Crippen LogP contribution < -0.4 is 4.74 Å². The molecule has 2 aromatic rings. The lowest BCUT2D eigenvalue weighted by molar-refractivity contribution is 0.0727. The van der Waals surface area contributed by atoms with Gasteiger partial charge in [0.2, 0.25) is 0 Å². The van der Waals surface area contributed by atoms with E-state index in [9.17, 15) is 4.79 Å². The molecule has 1 N–H and O–H groups in total. The molecule has 0 aliphatic rings. The van der Waals surface area contributed by atoms with Gasteiger partial charge >= 0.3 is 5.97 Å². The summed E-state index contributed by atoms with van der Waals surface area (Å²) in [7, 11) is 0. The van der Waals surface area contributed by atoms with E-state index in [0.717, 1.165) is 0 Å². The zero-order valence-corrected chi connectivity index (χ0v) is 8.42. The van der Waals surface area contributed by atoms with Gasteiger partial charge in [-0.2, -0.15) is 0 Å². The minimum atomic E-state index is -0.475. The van der Waals surface area contributed by atoms with Gasteiger partial charge in [0.25, 0.3) is 0 Å². The van der Waals surface area contributed by atoms with Crippen LogP contribution in [-0.2, 0) is 6.61 Å². The first-order valence-corrected chi connectivity index (χ1v) is 4.75. The third-order valence-electron chi connectivity index (χ3n) is 2.06. The summed E-state index contributed by atoms with van der Waals surface area (Å²) >= 11 is 0. The summed E-state index contributed by atoms with van der Waals surface area (Å²) in [6.07, 6.45) is 1.36. The van der Waals surface area contributed by atoms with Gasteiger partial charge < -0.3 is 14.3 Å². The zero-order chi connectivity index (χ0) is 11.4.